The summed E-state index contributed by atoms with van der Waals surface area (Å²) in [5.74, 6) is 0. The molecule has 1 heterocycles. The van der Waals surface area contributed by atoms with Crippen molar-refractivity contribution in [1.29, 1.82) is 0 Å². The van der Waals surface area contributed by atoms with Crippen LogP contribution in [0.3, 0.4) is 0 Å². The predicted molar refractivity (Wildman–Crippen MR) is 81.1 cm³/mol. The molecule has 0 aliphatic rings. The first-order chi connectivity index (χ1) is 10.1. The molecule has 0 bridgehead atoms. The Balaban J connectivity index is 2.45. The molecule has 0 unspecified atom stereocenters. The van der Waals surface area contributed by atoms with Gasteiger partial charge in [-0.25, -0.2) is 0 Å². The quantitative estimate of drug-likeness (QED) is 0.556. The summed E-state index contributed by atoms with van der Waals surface area (Å²) >= 11 is 0. The molecule has 0 atom stereocenters. The molecule has 6 nitrogen and oxygen atoms in total. The second-order valence-corrected chi connectivity index (χ2v) is 4.60. The molecular weight excluding hydrogens is 270 g/mol. The third-order valence-corrected chi connectivity index (χ3v) is 3.31. The number of hydrogen-bond acceptors (Lipinski definition) is 4. The van der Waals surface area contributed by atoms with Crippen LogP contribution in [0, 0.1) is 10.1 Å². The van der Waals surface area contributed by atoms with Gasteiger partial charge in [-0.15, -0.1) is 0 Å². The van der Waals surface area contributed by atoms with Gasteiger partial charge >= 0.3 is 0 Å². The predicted octanol–water partition coefficient (Wildman–Crippen LogP) is 2.69. The van der Waals surface area contributed by atoms with E-state index in [-0.39, 0.29) is 11.4 Å². The van der Waals surface area contributed by atoms with E-state index in [0.29, 0.717) is 16.5 Å². The third kappa shape index (κ3) is 2.12. The number of nitrogens with two attached hydrogens (primary N) is 1. The van der Waals surface area contributed by atoms with Gasteiger partial charge in [0.2, 0.25) is 0 Å². The number of pyridine rings is 1. The van der Waals surface area contributed by atoms with Gasteiger partial charge in [0.05, 0.1) is 4.92 Å². The van der Waals surface area contributed by atoms with Crippen LogP contribution in [0.5, 0.6) is 0 Å². The molecule has 1 aromatic heterocycles. The van der Waals surface area contributed by atoms with Crippen LogP contribution < -0.4 is 11.3 Å². The van der Waals surface area contributed by atoms with Crippen LogP contribution in [-0.4, -0.2) is 9.91 Å². The molecule has 2 aromatic carbocycles. The standard InChI is InChI=1S/C15H11N3O3/c16-14-13(9-4-2-1-3-5-9)11-8-10(18(20)21)6-7-12(11)17-15(14)19/h1-8H,16H2,(H,17,19). The van der Waals surface area contributed by atoms with E-state index >= 15 is 0 Å². The summed E-state index contributed by atoms with van der Waals surface area (Å²) in [4.78, 5) is 25.0. The summed E-state index contributed by atoms with van der Waals surface area (Å²) in [6, 6.07) is 13.4. The lowest BCUT2D eigenvalue weighted by molar-refractivity contribution is -0.384. The average molecular weight is 281 g/mol. The summed E-state index contributed by atoms with van der Waals surface area (Å²) in [6.45, 7) is 0. The minimum Gasteiger partial charge on any atom is -0.394 e. The summed E-state index contributed by atoms with van der Waals surface area (Å²) < 4.78 is 0. The molecule has 0 aliphatic carbocycles. The highest BCUT2D eigenvalue weighted by Crippen LogP contribution is 2.32. The zero-order valence-electron chi connectivity index (χ0n) is 10.9. The number of aromatic nitrogens is 1. The SMILES string of the molecule is Nc1c(-c2ccccc2)c2cc([N+](=O)[O-])ccc2[nH]c1=O. The zero-order chi connectivity index (χ0) is 15.0. The number of fused-ring (bicyclic) bond motifs is 1. The number of nitro benzene ring substituents is 1. The number of aromatic amines is 1. The first-order valence-electron chi connectivity index (χ1n) is 6.23. The molecule has 6 heteroatoms. The molecule has 0 fully saturated rings. The van der Waals surface area contributed by atoms with Crippen LogP contribution in [0.25, 0.3) is 22.0 Å². The van der Waals surface area contributed by atoms with Crippen LogP contribution in [0.15, 0.2) is 53.3 Å². The maximum absolute atomic E-state index is 11.9. The number of benzene rings is 2. The molecule has 0 aliphatic heterocycles. The number of nitro groups is 1. The number of hydrogen-bond donors (Lipinski definition) is 2. The molecule has 104 valence electrons. The highest BCUT2D eigenvalue weighted by molar-refractivity contribution is 6.00. The molecule has 21 heavy (non-hydrogen) atoms. The lowest BCUT2D eigenvalue weighted by atomic mass is 9.99. The van der Waals surface area contributed by atoms with Crippen molar-refractivity contribution in [3.05, 3.63) is 69.0 Å². The van der Waals surface area contributed by atoms with E-state index in [1.165, 1.54) is 18.2 Å². The topological polar surface area (TPSA) is 102 Å². The van der Waals surface area contributed by atoms with Gasteiger partial charge in [-0.2, -0.15) is 0 Å². The number of H-pyrrole nitrogens is 1. The Bertz CT molecular complexity index is 901. The van der Waals surface area contributed by atoms with Crippen molar-refractivity contribution in [1.82, 2.24) is 4.98 Å². The highest BCUT2D eigenvalue weighted by Gasteiger charge is 2.15. The monoisotopic (exact) mass is 281 g/mol. The van der Waals surface area contributed by atoms with E-state index in [0.717, 1.165) is 5.56 Å². The molecule has 0 saturated carbocycles. The number of nitrogens with one attached hydrogen (secondary N) is 1. The Hall–Kier alpha value is -3.15. The fourth-order valence-electron chi connectivity index (χ4n) is 2.33. The Morgan fingerprint density at radius 2 is 1.81 bits per heavy atom. The van der Waals surface area contributed by atoms with Crippen LogP contribution in [-0.2, 0) is 0 Å². The van der Waals surface area contributed by atoms with Crippen LogP contribution in [0.2, 0.25) is 0 Å². The van der Waals surface area contributed by atoms with Gasteiger partial charge < -0.3 is 10.7 Å². The molecule has 3 rings (SSSR count). The Morgan fingerprint density at radius 3 is 2.48 bits per heavy atom. The number of nitrogen functional groups attached to an aromatic ring is 1. The second-order valence-electron chi connectivity index (χ2n) is 4.60. The van der Waals surface area contributed by atoms with Crippen molar-refractivity contribution in [2.75, 3.05) is 5.73 Å². The van der Waals surface area contributed by atoms with Crippen LogP contribution in [0.1, 0.15) is 0 Å². The maximum atomic E-state index is 11.9. The van der Waals surface area contributed by atoms with Gasteiger partial charge in [0, 0.05) is 28.6 Å². The molecular formula is C15H11N3O3. The smallest absolute Gasteiger partial charge is 0.272 e. The van der Waals surface area contributed by atoms with Crippen LogP contribution in [0.4, 0.5) is 11.4 Å². The molecule has 0 spiro atoms. The fraction of sp³-hybridized carbons (Fsp3) is 0. The number of anilines is 1. The van der Waals surface area contributed by atoms with E-state index in [9.17, 15) is 14.9 Å². The summed E-state index contributed by atoms with van der Waals surface area (Å²) in [5, 5.41) is 11.5. The summed E-state index contributed by atoms with van der Waals surface area (Å²) in [6.07, 6.45) is 0. The van der Waals surface area contributed by atoms with Gasteiger partial charge in [0.25, 0.3) is 11.2 Å². The first kappa shape index (κ1) is 12.9. The lowest BCUT2D eigenvalue weighted by Crippen LogP contribution is -2.13. The molecule has 3 N–H and O–H groups in total. The largest absolute Gasteiger partial charge is 0.394 e. The third-order valence-electron chi connectivity index (χ3n) is 3.31. The second kappa shape index (κ2) is 4.75. The van der Waals surface area contributed by atoms with Crippen molar-refractivity contribution in [2.24, 2.45) is 0 Å². The molecule has 0 radical (unpaired) electrons. The Morgan fingerprint density at radius 1 is 1.10 bits per heavy atom. The molecule has 0 saturated heterocycles. The molecule has 0 amide bonds. The van der Waals surface area contributed by atoms with E-state index in [2.05, 4.69) is 4.98 Å². The number of rotatable bonds is 2. The van der Waals surface area contributed by atoms with E-state index in [1.54, 1.807) is 0 Å². The number of nitrogens with zero attached hydrogens (tertiary/aromatic N) is 1. The number of non-ortho nitro benzene ring substituents is 1. The average Bonchev–Trinajstić information content (AvgIpc) is 2.49. The zero-order valence-corrected chi connectivity index (χ0v) is 10.9. The Kier molecular flexibility index (Phi) is 2.91. The Labute approximate surface area is 119 Å². The fourth-order valence-corrected chi connectivity index (χ4v) is 2.33. The van der Waals surface area contributed by atoms with E-state index < -0.39 is 10.5 Å². The van der Waals surface area contributed by atoms with E-state index in [4.69, 9.17) is 5.73 Å². The normalized spacial score (nSPS) is 10.7. The van der Waals surface area contributed by atoms with Crippen LogP contribution >= 0.6 is 0 Å². The van der Waals surface area contributed by atoms with Crippen molar-refractivity contribution in [3.8, 4) is 11.1 Å². The van der Waals surface area contributed by atoms with Gasteiger partial charge in [0.15, 0.2) is 0 Å². The maximum Gasteiger partial charge on any atom is 0.272 e. The van der Waals surface area contributed by atoms with Gasteiger partial charge in [-0.3, -0.25) is 14.9 Å². The van der Waals surface area contributed by atoms with E-state index in [1.807, 2.05) is 30.3 Å². The highest BCUT2D eigenvalue weighted by atomic mass is 16.6. The first-order valence-corrected chi connectivity index (χ1v) is 6.23. The minimum absolute atomic E-state index is 0.0499. The minimum atomic E-state index is -0.477. The van der Waals surface area contributed by atoms with Crippen molar-refractivity contribution < 1.29 is 4.92 Å². The lowest BCUT2D eigenvalue weighted by Gasteiger charge is -2.09. The van der Waals surface area contributed by atoms with Crippen molar-refractivity contribution in [3.63, 3.8) is 0 Å². The van der Waals surface area contributed by atoms with Gasteiger partial charge in [-0.1, -0.05) is 30.3 Å². The van der Waals surface area contributed by atoms with Crippen molar-refractivity contribution >= 4 is 22.3 Å². The molecule has 3 aromatic rings. The summed E-state index contributed by atoms with van der Waals surface area (Å²) in [5.41, 5.74) is 7.25. The van der Waals surface area contributed by atoms with Gasteiger partial charge in [0.1, 0.15) is 5.69 Å². The van der Waals surface area contributed by atoms with Gasteiger partial charge in [-0.05, 0) is 11.6 Å². The summed E-state index contributed by atoms with van der Waals surface area (Å²) in [7, 11) is 0. The van der Waals surface area contributed by atoms with Crippen molar-refractivity contribution in [2.45, 2.75) is 0 Å².